The zero-order valence-electron chi connectivity index (χ0n) is 13.8. The van der Waals surface area contributed by atoms with Crippen LogP contribution in [0.2, 0.25) is 0 Å². The van der Waals surface area contributed by atoms with Gasteiger partial charge in [0.05, 0.1) is 17.7 Å². The van der Waals surface area contributed by atoms with Crippen LogP contribution in [-0.2, 0) is 0 Å². The third-order valence-electron chi connectivity index (χ3n) is 3.84. The predicted octanol–water partition coefficient (Wildman–Crippen LogP) is 3.36. The summed E-state index contributed by atoms with van der Waals surface area (Å²) in [5, 5.41) is 18.4. The minimum absolute atomic E-state index is 0.0101. The van der Waals surface area contributed by atoms with Gasteiger partial charge in [-0.15, -0.1) is 0 Å². The van der Waals surface area contributed by atoms with Crippen LogP contribution < -0.4 is 10.1 Å². The van der Waals surface area contributed by atoms with Gasteiger partial charge in [0.2, 0.25) is 0 Å². The highest BCUT2D eigenvalue weighted by atomic mass is 16.6. The van der Waals surface area contributed by atoms with E-state index in [2.05, 4.69) is 15.4 Å². The number of benzene rings is 2. The first kappa shape index (κ1) is 16.4. The smallest absolute Gasteiger partial charge is 0.311 e. The number of nitro groups is 1. The normalized spacial score (nSPS) is 11.8. The molecule has 0 aliphatic heterocycles. The van der Waals surface area contributed by atoms with Gasteiger partial charge in [0.25, 0.3) is 0 Å². The number of nitrogens with zero attached hydrogens (tertiary/aromatic N) is 4. The minimum atomic E-state index is -0.463. The first-order valence-corrected chi connectivity index (χ1v) is 7.62. The molecule has 2 aromatic carbocycles. The molecule has 0 spiro atoms. The second-order valence-electron chi connectivity index (χ2n) is 5.44. The number of hydrogen-bond acceptors (Lipinski definition) is 6. The fourth-order valence-corrected chi connectivity index (χ4v) is 2.51. The van der Waals surface area contributed by atoms with E-state index in [0.29, 0.717) is 0 Å². The Labute approximate surface area is 144 Å². The van der Waals surface area contributed by atoms with Gasteiger partial charge in [-0.3, -0.25) is 10.1 Å². The molecule has 25 heavy (non-hydrogen) atoms. The van der Waals surface area contributed by atoms with Crippen molar-refractivity contribution in [2.75, 3.05) is 12.4 Å². The Bertz CT molecular complexity index is 862. The van der Waals surface area contributed by atoms with Crippen molar-refractivity contribution in [1.29, 1.82) is 0 Å². The summed E-state index contributed by atoms with van der Waals surface area (Å²) < 4.78 is 6.78. The van der Waals surface area contributed by atoms with Gasteiger partial charge < -0.3 is 10.1 Å². The monoisotopic (exact) mass is 339 g/mol. The van der Waals surface area contributed by atoms with E-state index in [0.717, 1.165) is 16.9 Å². The van der Waals surface area contributed by atoms with E-state index in [-0.39, 0.29) is 17.5 Å². The number of aromatic nitrogens is 3. The quantitative estimate of drug-likeness (QED) is 0.546. The highest BCUT2D eigenvalue weighted by molar-refractivity contribution is 5.58. The molecule has 1 unspecified atom stereocenters. The molecule has 0 fully saturated rings. The average molecular weight is 339 g/mol. The van der Waals surface area contributed by atoms with Crippen LogP contribution in [0, 0.1) is 10.1 Å². The van der Waals surface area contributed by atoms with Gasteiger partial charge in [-0.25, -0.2) is 9.67 Å². The number of nitro benzene ring substituents is 1. The number of ether oxygens (including phenoxy) is 1. The van der Waals surface area contributed by atoms with E-state index in [1.54, 1.807) is 23.1 Å². The summed E-state index contributed by atoms with van der Waals surface area (Å²) in [5.41, 5.74) is 2.68. The molecule has 1 heterocycles. The van der Waals surface area contributed by atoms with Gasteiger partial charge in [-0.1, -0.05) is 12.1 Å². The molecule has 1 aromatic heterocycles. The number of methoxy groups -OCH3 is 1. The van der Waals surface area contributed by atoms with Crippen molar-refractivity contribution in [2.45, 2.75) is 13.0 Å². The Balaban J connectivity index is 1.75. The predicted molar refractivity (Wildman–Crippen MR) is 93.0 cm³/mol. The highest BCUT2D eigenvalue weighted by Crippen LogP contribution is 2.31. The molecule has 0 aliphatic rings. The number of hydrogen-bond donors (Lipinski definition) is 1. The SMILES string of the molecule is COc1cc(NC(C)c2ccc(-n3cncn3)cc2)ccc1[N+](=O)[O-]. The van der Waals surface area contributed by atoms with E-state index in [4.69, 9.17) is 4.74 Å². The van der Waals surface area contributed by atoms with Crippen molar-refractivity contribution >= 4 is 11.4 Å². The van der Waals surface area contributed by atoms with E-state index >= 15 is 0 Å². The van der Waals surface area contributed by atoms with Crippen LogP contribution in [0.1, 0.15) is 18.5 Å². The van der Waals surface area contributed by atoms with Crippen LogP contribution in [-0.4, -0.2) is 26.8 Å². The lowest BCUT2D eigenvalue weighted by Crippen LogP contribution is -2.07. The van der Waals surface area contributed by atoms with Crippen molar-refractivity contribution < 1.29 is 9.66 Å². The van der Waals surface area contributed by atoms with Crippen LogP contribution in [0.4, 0.5) is 11.4 Å². The summed E-state index contributed by atoms with van der Waals surface area (Å²) in [6, 6.07) is 12.6. The van der Waals surface area contributed by atoms with E-state index in [1.807, 2.05) is 31.2 Å². The fourth-order valence-electron chi connectivity index (χ4n) is 2.51. The largest absolute Gasteiger partial charge is 0.490 e. The standard InChI is InChI=1S/C17H17N5O3/c1-12(13-3-6-15(7-4-13)21-11-18-10-19-21)20-14-5-8-16(22(23)24)17(9-14)25-2/h3-12,20H,1-2H3. The Morgan fingerprint density at radius 3 is 2.60 bits per heavy atom. The molecule has 0 amide bonds. The van der Waals surface area contributed by atoms with Crippen molar-refractivity contribution in [3.63, 3.8) is 0 Å². The number of nitrogens with one attached hydrogen (secondary N) is 1. The van der Waals surface area contributed by atoms with E-state index in [1.165, 1.54) is 19.5 Å². The van der Waals surface area contributed by atoms with Crippen LogP contribution in [0.25, 0.3) is 5.69 Å². The maximum atomic E-state index is 11.0. The molecule has 1 atom stereocenters. The second kappa shape index (κ2) is 7.00. The average Bonchev–Trinajstić information content (AvgIpc) is 3.16. The number of anilines is 1. The zero-order chi connectivity index (χ0) is 17.8. The van der Waals surface area contributed by atoms with Crippen molar-refractivity contribution in [3.05, 3.63) is 70.8 Å². The molecular formula is C17H17N5O3. The topological polar surface area (TPSA) is 95.1 Å². The third-order valence-corrected chi connectivity index (χ3v) is 3.84. The second-order valence-corrected chi connectivity index (χ2v) is 5.44. The molecule has 3 rings (SSSR count). The summed E-state index contributed by atoms with van der Waals surface area (Å²) in [6.07, 6.45) is 3.12. The molecule has 0 saturated heterocycles. The summed E-state index contributed by atoms with van der Waals surface area (Å²) in [5.74, 6) is 0.226. The van der Waals surface area contributed by atoms with Crippen LogP contribution >= 0.6 is 0 Å². The lowest BCUT2D eigenvalue weighted by molar-refractivity contribution is -0.385. The zero-order valence-corrected chi connectivity index (χ0v) is 13.8. The van der Waals surface area contributed by atoms with Gasteiger partial charge >= 0.3 is 5.69 Å². The van der Waals surface area contributed by atoms with E-state index < -0.39 is 4.92 Å². The molecule has 0 saturated carbocycles. The van der Waals surface area contributed by atoms with Crippen molar-refractivity contribution in [3.8, 4) is 11.4 Å². The third kappa shape index (κ3) is 3.57. The first-order valence-electron chi connectivity index (χ1n) is 7.62. The Morgan fingerprint density at radius 1 is 1.24 bits per heavy atom. The van der Waals surface area contributed by atoms with Gasteiger partial charge in [-0.05, 0) is 30.7 Å². The molecule has 0 aliphatic carbocycles. The molecule has 0 bridgehead atoms. The maximum Gasteiger partial charge on any atom is 0.311 e. The number of rotatable bonds is 6. The van der Waals surface area contributed by atoms with Crippen LogP contribution in [0.5, 0.6) is 5.75 Å². The van der Waals surface area contributed by atoms with Gasteiger partial charge in [0.15, 0.2) is 5.75 Å². The maximum absolute atomic E-state index is 11.0. The fraction of sp³-hybridized carbons (Fsp3) is 0.176. The van der Waals surface area contributed by atoms with Crippen molar-refractivity contribution in [1.82, 2.24) is 14.8 Å². The minimum Gasteiger partial charge on any atom is -0.490 e. The molecular weight excluding hydrogens is 322 g/mol. The van der Waals surface area contributed by atoms with E-state index in [9.17, 15) is 10.1 Å². The summed E-state index contributed by atoms with van der Waals surface area (Å²) in [7, 11) is 1.42. The van der Waals surface area contributed by atoms with Gasteiger partial charge in [0, 0.05) is 23.9 Å². The summed E-state index contributed by atoms with van der Waals surface area (Å²) in [6.45, 7) is 2.01. The first-order chi connectivity index (χ1) is 12.1. The Morgan fingerprint density at radius 2 is 2.00 bits per heavy atom. The molecule has 128 valence electrons. The summed E-state index contributed by atoms with van der Waals surface area (Å²) in [4.78, 5) is 14.4. The van der Waals surface area contributed by atoms with Gasteiger partial charge in [-0.2, -0.15) is 5.10 Å². The Hall–Kier alpha value is -3.42. The van der Waals surface area contributed by atoms with Crippen LogP contribution in [0.3, 0.4) is 0 Å². The van der Waals surface area contributed by atoms with Crippen LogP contribution in [0.15, 0.2) is 55.1 Å². The molecule has 0 radical (unpaired) electrons. The lowest BCUT2D eigenvalue weighted by atomic mass is 10.1. The Kier molecular flexibility index (Phi) is 4.60. The highest BCUT2D eigenvalue weighted by Gasteiger charge is 2.15. The summed E-state index contributed by atoms with van der Waals surface area (Å²) >= 11 is 0. The molecule has 1 N–H and O–H groups in total. The molecule has 8 heteroatoms. The van der Waals surface area contributed by atoms with Crippen molar-refractivity contribution in [2.24, 2.45) is 0 Å². The molecule has 3 aromatic rings. The molecule has 8 nitrogen and oxygen atoms in total. The lowest BCUT2D eigenvalue weighted by Gasteiger charge is -2.16. The van der Waals surface area contributed by atoms with Gasteiger partial charge in [0.1, 0.15) is 12.7 Å².